The van der Waals surface area contributed by atoms with Gasteiger partial charge in [-0.3, -0.25) is 0 Å². The molecule has 19 heavy (non-hydrogen) atoms. The molecule has 0 radical (unpaired) electrons. The van der Waals surface area contributed by atoms with Crippen LogP contribution in [0.3, 0.4) is 0 Å². The quantitative estimate of drug-likeness (QED) is 0.839. The molecule has 0 aromatic heterocycles. The van der Waals surface area contributed by atoms with Crippen molar-refractivity contribution in [1.29, 1.82) is 0 Å². The van der Waals surface area contributed by atoms with Crippen LogP contribution >= 0.6 is 0 Å². The number of halogens is 6. The molecular formula is C11H12F6N2. The Labute approximate surface area is 105 Å². The molecule has 1 aromatic carbocycles. The monoisotopic (exact) mass is 286 g/mol. The summed E-state index contributed by atoms with van der Waals surface area (Å²) in [7, 11) is 0. The molecule has 2 nitrogen and oxygen atoms in total. The summed E-state index contributed by atoms with van der Waals surface area (Å²) in [4.78, 5) is 0. The number of rotatable bonds is 3. The molecule has 0 aliphatic carbocycles. The predicted molar refractivity (Wildman–Crippen MR) is 57.0 cm³/mol. The van der Waals surface area contributed by atoms with Gasteiger partial charge in [0.25, 0.3) is 0 Å². The van der Waals surface area contributed by atoms with Gasteiger partial charge in [0.15, 0.2) is 0 Å². The van der Waals surface area contributed by atoms with Gasteiger partial charge in [0.05, 0.1) is 11.1 Å². The third-order valence-corrected chi connectivity index (χ3v) is 2.52. The molecule has 108 valence electrons. The van der Waals surface area contributed by atoms with Gasteiger partial charge in [0.2, 0.25) is 0 Å². The molecule has 0 saturated heterocycles. The summed E-state index contributed by atoms with van der Waals surface area (Å²) in [5.41, 5.74) is 7.73. The number of nitrogens with two attached hydrogens (primary N) is 2. The smallest absolute Gasteiger partial charge is 0.330 e. The number of hydrogen-bond donors (Lipinski definition) is 2. The lowest BCUT2D eigenvalue weighted by Gasteiger charge is -2.17. The summed E-state index contributed by atoms with van der Waals surface area (Å²) in [6, 6.07) is 0.345. The van der Waals surface area contributed by atoms with Crippen molar-refractivity contribution >= 4 is 0 Å². The summed E-state index contributed by atoms with van der Waals surface area (Å²) >= 11 is 0. The van der Waals surface area contributed by atoms with Gasteiger partial charge in [-0.2, -0.15) is 26.3 Å². The Morgan fingerprint density at radius 2 is 1.32 bits per heavy atom. The second-order valence-corrected chi connectivity index (χ2v) is 4.02. The standard InChI is InChI=1S/C11H12F6N2/c12-10(13,14)7-3-6(9(19)1-2-18)4-8(5-7)11(15,16)17/h3-5,9H,1-2,18-19H2/t9-/m0/s1. The van der Waals surface area contributed by atoms with E-state index in [2.05, 4.69) is 0 Å². The van der Waals surface area contributed by atoms with E-state index >= 15 is 0 Å². The zero-order valence-corrected chi connectivity index (χ0v) is 9.65. The zero-order valence-electron chi connectivity index (χ0n) is 9.65. The van der Waals surface area contributed by atoms with Crippen LogP contribution < -0.4 is 11.5 Å². The van der Waals surface area contributed by atoms with Gasteiger partial charge in [0.1, 0.15) is 0 Å². The Balaban J connectivity index is 3.33. The van der Waals surface area contributed by atoms with Crippen molar-refractivity contribution in [2.24, 2.45) is 11.5 Å². The van der Waals surface area contributed by atoms with E-state index in [1.165, 1.54) is 0 Å². The molecule has 1 atom stereocenters. The summed E-state index contributed by atoms with van der Waals surface area (Å²) in [5, 5.41) is 0. The van der Waals surface area contributed by atoms with Gasteiger partial charge in [-0.1, -0.05) is 0 Å². The van der Waals surface area contributed by atoms with Crippen molar-refractivity contribution in [3.63, 3.8) is 0 Å². The highest BCUT2D eigenvalue weighted by Gasteiger charge is 2.37. The van der Waals surface area contributed by atoms with Crippen molar-refractivity contribution in [3.8, 4) is 0 Å². The van der Waals surface area contributed by atoms with E-state index in [9.17, 15) is 26.3 Å². The Kier molecular flexibility index (Phi) is 4.46. The molecule has 1 aromatic rings. The molecular weight excluding hydrogens is 274 g/mol. The van der Waals surface area contributed by atoms with E-state index in [1.807, 2.05) is 0 Å². The van der Waals surface area contributed by atoms with Gasteiger partial charge in [0, 0.05) is 6.04 Å². The molecule has 0 fully saturated rings. The number of benzene rings is 1. The van der Waals surface area contributed by atoms with Crippen LogP contribution in [0.15, 0.2) is 18.2 Å². The fourth-order valence-electron chi connectivity index (χ4n) is 1.54. The second kappa shape index (κ2) is 5.38. The average molecular weight is 286 g/mol. The van der Waals surface area contributed by atoms with Crippen molar-refractivity contribution < 1.29 is 26.3 Å². The van der Waals surface area contributed by atoms with E-state index < -0.39 is 29.5 Å². The lowest BCUT2D eigenvalue weighted by atomic mass is 9.98. The fraction of sp³-hybridized carbons (Fsp3) is 0.455. The number of alkyl halides is 6. The Hall–Kier alpha value is -1.28. The van der Waals surface area contributed by atoms with Crippen molar-refractivity contribution in [3.05, 3.63) is 34.9 Å². The Morgan fingerprint density at radius 3 is 1.63 bits per heavy atom. The normalized spacial score (nSPS) is 14.5. The van der Waals surface area contributed by atoms with E-state index in [1.54, 1.807) is 0 Å². The van der Waals surface area contributed by atoms with Crippen LogP contribution in [0.5, 0.6) is 0 Å². The van der Waals surface area contributed by atoms with Crippen molar-refractivity contribution in [2.75, 3.05) is 6.54 Å². The molecule has 1 rings (SSSR count). The first kappa shape index (κ1) is 15.8. The molecule has 0 aliphatic heterocycles. The SMILES string of the molecule is NCC[C@H](N)c1cc(C(F)(F)F)cc(C(F)(F)F)c1. The van der Waals surface area contributed by atoms with E-state index in [0.717, 1.165) is 0 Å². The minimum absolute atomic E-state index is 0.0681. The fourth-order valence-corrected chi connectivity index (χ4v) is 1.54. The second-order valence-electron chi connectivity index (χ2n) is 4.02. The maximum atomic E-state index is 12.6. The van der Waals surface area contributed by atoms with Crippen LogP contribution in [0.2, 0.25) is 0 Å². The molecule has 0 amide bonds. The third kappa shape index (κ3) is 4.10. The highest BCUT2D eigenvalue weighted by Crippen LogP contribution is 2.37. The molecule has 4 N–H and O–H groups in total. The van der Waals surface area contributed by atoms with Crippen LogP contribution in [0.25, 0.3) is 0 Å². The van der Waals surface area contributed by atoms with Gasteiger partial charge < -0.3 is 11.5 Å². The predicted octanol–water partition coefficient (Wildman–Crippen LogP) is 3.07. The molecule has 0 spiro atoms. The van der Waals surface area contributed by atoms with Crippen LogP contribution in [0.4, 0.5) is 26.3 Å². The van der Waals surface area contributed by atoms with Gasteiger partial charge in [-0.05, 0) is 36.7 Å². The van der Waals surface area contributed by atoms with Crippen molar-refractivity contribution in [2.45, 2.75) is 24.8 Å². The maximum absolute atomic E-state index is 12.6. The third-order valence-electron chi connectivity index (χ3n) is 2.52. The summed E-state index contributed by atoms with van der Waals surface area (Å²) in [6.45, 7) is 0.0682. The minimum atomic E-state index is -4.86. The maximum Gasteiger partial charge on any atom is 0.416 e. The molecule has 0 aliphatic rings. The van der Waals surface area contributed by atoms with Crippen LogP contribution in [-0.4, -0.2) is 6.54 Å². The summed E-state index contributed by atoms with van der Waals surface area (Å²) in [5.74, 6) is 0. The Bertz CT molecular complexity index is 406. The van der Waals surface area contributed by atoms with Crippen LogP contribution in [0, 0.1) is 0 Å². The number of hydrogen-bond acceptors (Lipinski definition) is 2. The zero-order chi connectivity index (χ0) is 14.8. The van der Waals surface area contributed by atoms with Gasteiger partial charge in [-0.25, -0.2) is 0 Å². The molecule has 0 heterocycles. The molecule has 0 unspecified atom stereocenters. The lowest BCUT2D eigenvalue weighted by Crippen LogP contribution is -2.18. The van der Waals surface area contributed by atoms with Gasteiger partial charge in [-0.15, -0.1) is 0 Å². The topological polar surface area (TPSA) is 52.0 Å². The summed E-state index contributed by atoms with van der Waals surface area (Å²) < 4.78 is 75.3. The lowest BCUT2D eigenvalue weighted by molar-refractivity contribution is -0.143. The van der Waals surface area contributed by atoms with E-state index in [4.69, 9.17) is 11.5 Å². The summed E-state index contributed by atoms with van der Waals surface area (Å²) in [6.07, 6.45) is -9.63. The minimum Gasteiger partial charge on any atom is -0.330 e. The highest BCUT2D eigenvalue weighted by molar-refractivity contribution is 5.35. The first-order chi connectivity index (χ1) is 8.55. The molecule has 0 bridgehead atoms. The van der Waals surface area contributed by atoms with Crippen molar-refractivity contribution in [1.82, 2.24) is 0 Å². The largest absolute Gasteiger partial charge is 0.416 e. The van der Waals surface area contributed by atoms with E-state index in [0.29, 0.717) is 12.1 Å². The molecule has 0 saturated carbocycles. The Morgan fingerprint density at radius 1 is 0.895 bits per heavy atom. The van der Waals surface area contributed by atoms with Gasteiger partial charge >= 0.3 is 12.4 Å². The van der Waals surface area contributed by atoms with E-state index in [-0.39, 0.29) is 24.6 Å². The molecule has 8 heteroatoms. The average Bonchev–Trinajstić information content (AvgIpc) is 2.26. The first-order valence-corrected chi connectivity index (χ1v) is 5.30. The highest BCUT2D eigenvalue weighted by atomic mass is 19.4. The van der Waals surface area contributed by atoms with Crippen LogP contribution in [-0.2, 0) is 12.4 Å². The first-order valence-electron chi connectivity index (χ1n) is 5.30. The van der Waals surface area contributed by atoms with Crippen LogP contribution in [0.1, 0.15) is 29.2 Å².